The second kappa shape index (κ2) is 5.31. The number of nitrogens with two attached hydrogens (primary N) is 1. The molecule has 2 nitrogen and oxygen atoms in total. The van der Waals surface area contributed by atoms with E-state index in [2.05, 4.69) is 26.0 Å². The van der Waals surface area contributed by atoms with Gasteiger partial charge in [0.15, 0.2) is 0 Å². The van der Waals surface area contributed by atoms with E-state index in [4.69, 9.17) is 10.5 Å². The minimum Gasteiger partial charge on any atom is -0.494 e. The summed E-state index contributed by atoms with van der Waals surface area (Å²) in [6.07, 6.45) is 3.32. The molecule has 0 heterocycles. The summed E-state index contributed by atoms with van der Waals surface area (Å²) in [6.45, 7) is 7.36. The third kappa shape index (κ3) is 2.54. The molecule has 1 aromatic carbocycles. The lowest BCUT2D eigenvalue weighted by Gasteiger charge is -2.41. The Morgan fingerprint density at radius 3 is 2.67 bits per heavy atom. The van der Waals surface area contributed by atoms with Gasteiger partial charge in [0.1, 0.15) is 5.75 Å². The standard InChI is InChI=1S/C16H25NO/c1-4-18-15-8-6-5-7-14(15)16(17)10-9-12(2)13(3)11-16/h5-8,12-13H,4,9-11,17H2,1-3H3. The number of hydrogen-bond acceptors (Lipinski definition) is 2. The first-order chi connectivity index (χ1) is 8.57. The Labute approximate surface area is 111 Å². The maximum atomic E-state index is 6.68. The molecule has 0 bridgehead atoms. The van der Waals surface area contributed by atoms with Crippen LogP contribution in [-0.2, 0) is 5.54 Å². The van der Waals surface area contributed by atoms with E-state index < -0.39 is 0 Å². The van der Waals surface area contributed by atoms with Crippen molar-refractivity contribution in [2.75, 3.05) is 6.61 Å². The summed E-state index contributed by atoms with van der Waals surface area (Å²) in [5.74, 6) is 2.42. The topological polar surface area (TPSA) is 35.2 Å². The molecule has 0 spiro atoms. The fourth-order valence-corrected chi connectivity index (χ4v) is 3.05. The first-order valence-corrected chi connectivity index (χ1v) is 7.08. The first kappa shape index (κ1) is 13.4. The zero-order valence-corrected chi connectivity index (χ0v) is 11.8. The van der Waals surface area contributed by atoms with E-state index in [1.54, 1.807) is 0 Å². The lowest BCUT2D eigenvalue weighted by molar-refractivity contribution is 0.172. The van der Waals surface area contributed by atoms with Crippen molar-refractivity contribution in [2.45, 2.75) is 45.6 Å². The molecule has 0 saturated heterocycles. The van der Waals surface area contributed by atoms with E-state index in [0.717, 1.165) is 24.5 Å². The zero-order valence-electron chi connectivity index (χ0n) is 11.8. The molecular formula is C16H25NO. The lowest BCUT2D eigenvalue weighted by atomic mass is 9.69. The van der Waals surface area contributed by atoms with Crippen LogP contribution in [0.3, 0.4) is 0 Å². The van der Waals surface area contributed by atoms with Crippen molar-refractivity contribution in [3.63, 3.8) is 0 Å². The molecule has 0 radical (unpaired) electrons. The number of hydrogen-bond donors (Lipinski definition) is 1. The average molecular weight is 247 g/mol. The van der Waals surface area contributed by atoms with Crippen LogP contribution >= 0.6 is 0 Å². The molecule has 3 atom stereocenters. The van der Waals surface area contributed by atoms with Gasteiger partial charge in [0.2, 0.25) is 0 Å². The minimum atomic E-state index is -0.211. The summed E-state index contributed by atoms with van der Waals surface area (Å²) in [6, 6.07) is 8.26. The second-order valence-electron chi connectivity index (χ2n) is 5.78. The number of rotatable bonds is 3. The van der Waals surface area contributed by atoms with Crippen molar-refractivity contribution < 1.29 is 4.74 Å². The molecule has 1 aliphatic rings. The molecule has 2 heteroatoms. The Hall–Kier alpha value is -1.02. The molecule has 1 aromatic rings. The van der Waals surface area contributed by atoms with Crippen LogP contribution in [0, 0.1) is 11.8 Å². The highest BCUT2D eigenvalue weighted by atomic mass is 16.5. The van der Waals surface area contributed by atoms with Gasteiger partial charge in [-0.05, 0) is 44.1 Å². The normalized spacial score (nSPS) is 32.2. The monoisotopic (exact) mass is 247 g/mol. The largest absolute Gasteiger partial charge is 0.494 e. The fourth-order valence-electron chi connectivity index (χ4n) is 3.05. The third-order valence-corrected chi connectivity index (χ3v) is 4.43. The van der Waals surface area contributed by atoms with Crippen molar-refractivity contribution in [3.05, 3.63) is 29.8 Å². The average Bonchev–Trinajstić information content (AvgIpc) is 2.35. The summed E-state index contributed by atoms with van der Waals surface area (Å²) < 4.78 is 5.74. The van der Waals surface area contributed by atoms with E-state index in [1.165, 1.54) is 12.0 Å². The SMILES string of the molecule is CCOc1ccccc1C1(N)CCC(C)C(C)C1. The van der Waals surface area contributed by atoms with Gasteiger partial charge in [-0.25, -0.2) is 0 Å². The summed E-state index contributed by atoms with van der Waals surface area (Å²) in [7, 11) is 0. The molecule has 0 aliphatic heterocycles. The van der Waals surface area contributed by atoms with Gasteiger partial charge in [-0.2, -0.15) is 0 Å². The van der Waals surface area contributed by atoms with Gasteiger partial charge in [0.05, 0.1) is 6.61 Å². The molecule has 3 unspecified atom stereocenters. The van der Waals surface area contributed by atoms with Crippen molar-refractivity contribution in [3.8, 4) is 5.75 Å². The van der Waals surface area contributed by atoms with Crippen LogP contribution in [0.15, 0.2) is 24.3 Å². The van der Waals surface area contributed by atoms with Crippen LogP contribution in [0.4, 0.5) is 0 Å². The van der Waals surface area contributed by atoms with Crippen molar-refractivity contribution in [2.24, 2.45) is 17.6 Å². The van der Waals surface area contributed by atoms with E-state index in [0.29, 0.717) is 12.5 Å². The van der Waals surface area contributed by atoms with Gasteiger partial charge in [-0.3, -0.25) is 0 Å². The van der Waals surface area contributed by atoms with Crippen LogP contribution in [-0.4, -0.2) is 6.61 Å². The molecule has 1 saturated carbocycles. The van der Waals surface area contributed by atoms with Crippen molar-refractivity contribution in [1.29, 1.82) is 0 Å². The smallest absolute Gasteiger partial charge is 0.124 e. The lowest BCUT2D eigenvalue weighted by Crippen LogP contribution is -2.43. The van der Waals surface area contributed by atoms with Crippen LogP contribution in [0.2, 0.25) is 0 Å². The summed E-state index contributed by atoms with van der Waals surface area (Å²) in [4.78, 5) is 0. The van der Waals surface area contributed by atoms with E-state index in [9.17, 15) is 0 Å². The molecule has 18 heavy (non-hydrogen) atoms. The van der Waals surface area contributed by atoms with E-state index in [-0.39, 0.29) is 5.54 Å². The van der Waals surface area contributed by atoms with Crippen molar-refractivity contribution >= 4 is 0 Å². The zero-order chi connectivity index (χ0) is 13.2. The summed E-state index contributed by atoms with van der Waals surface area (Å²) >= 11 is 0. The van der Waals surface area contributed by atoms with Crippen molar-refractivity contribution in [1.82, 2.24) is 0 Å². The van der Waals surface area contributed by atoms with Gasteiger partial charge >= 0.3 is 0 Å². The quantitative estimate of drug-likeness (QED) is 0.884. The van der Waals surface area contributed by atoms with Crippen LogP contribution < -0.4 is 10.5 Å². The van der Waals surface area contributed by atoms with Gasteiger partial charge in [-0.15, -0.1) is 0 Å². The Bertz CT molecular complexity index is 404. The highest BCUT2D eigenvalue weighted by Crippen LogP contribution is 2.43. The highest BCUT2D eigenvalue weighted by molar-refractivity contribution is 5.39. The highest BCUT2D eigenvalue weighted by Gasteiger charge is 2.37. The molecular weight excluding hydrogens is 222 g/mol. The van der Waals surface area contributed by atoms with Crippen LogP contribution in [0.1, 0.15) is 45.6 Å². The Kier molecular flexibility index (Phi) is 3.96. The van der Waals surface area contributed by atoms with Gasteiger partial charge in [-0.1, -0.05) is 32.0 Å². The molecule has 0 aromatic heterocycles. The number of para-hydroxylation sites is 1. The molecule has 100 valence electrons. The summed E-state index contributed by atoms with van der Waals surface area (Å²) in [5.41, 5.74) is 7.66. The predicted octanol–water partition coefficient (Wildman–Crippen LogP) is 3.70. The number of ether oxygens (including phenoxy) is 1. The molecule has 1 fully saturated rings. The predicted molar refractivity (Wildman–Crippen MR) is 75.7 cm³/mol. The Morgan fingerprint density at radius 2 is 2.00 bits per heavy atom. The second-order valence-corrected chi connectivity index (χ2v) is 5.78. The van der Waals surface area contributed by atoms with Gasteiger partial charge in [0, 0.05) is 11.1 Å². The third-order valence-electron chi connectivity index (χ3n) is 4.43. The van der Waals surface area contributed by atoms with E-state index in [1.807, 2.05) is 19.1 Å². The Morgan fingerprint density at radius 1 is 1.28 bits per heavy atom. The van der Waals surface area contributed by atoms with Crippen LogP contribution in [0.25, 0.3) is 0 Å². The van der Waals surface area contributed by atoms with Gasteiger partial charge < -0.3 is 10.5 Å². The molecule has 0 amide bonds. The fraction of sp³-hybridized carbons (Fsp3) is 0.625. The van der Waals surface area contributed by atoms with E-state index >= 15 is 0 Å². The molecule has 2 rings (SSSR count). The summed E-state index contributed by atoms with van der Waals surface area (Å²) in [5, 5.41) is 0. The maximum Gasteiger partial charge on any atom is 0.124 e. The molecule has 2 N–H and O–H groups in total. The van der Waals surface area contributed by atoms with Gasteiger partial charge in [0.25, 0.3) is 0 Å². The number of benzene rings is 1. The maximum absolute atomic E-state index is 6.68. The Balaban J connectivity index is 2.29. The molecule has 1 aliphatic carbocycles. The minimum absolute atomic E-state index is 0.211. The first-order valence-electron chi connectivity index (χ1n) is 7.08. The van der Waals surface area contributed by atoms with Crippen LogP contribution in [0.5, 0.6) is 5.75 Å².